The summed E-state index contributed by atoms with van der Waals surface area (Å²) in [5, 5.41) is 2.56. The van der Waals surface area contributed by atoms with E-state index in [0.717, 1.165) is 0 Å². The maximum Gasteiger partial charge on any atom is 0.154 e. The van der Waals surface area contributed by atoms with Crippen molar-refractivity contribution in [2.24, 2.45) is 5.73 Å². The lowest BCUT2D eigenvalue weighted by Crippen LogP contribution is -2.25. The molecule has 7 heteroatoms. The molecule has 0 spiro atoms. The minimum absolute atomic E-state index is 0.00224. The van der Waals surface area contributed by atoms with Crippen LogP contribution in [0.1, 0.15) is 18.4 Å². The van der Waals surface area contributed by atoms with Crippen molar-refractivity contribution in [2.45, 2.75) is 18.1 Å². The quantitative estimate of drug-likeness (QED) is 0.824. The number of nitrogens with two attached hydrogens (primary N) is 1. The fraction of sp³-hybridized carbons (Fsp3) is 0.417. The Labute approximate surface area is 117 Å². The Bertz CT molecular complexity index is 602. The highest BCUT2D eigenvalue weighted by Crippen LogP contribution is 2.21. The van der Waals surface area contributed by atoms with Gasteiger partial charge in [-0.3, -0.25) is 0 Å². The van der Waals surface area contributed by atoms with Gasteiger partial charge in [0.1, 0.15) is 10.8 Å². The molecule has 0 aliphatic carbocycles. The molecule has 0 aromatic heterocycles. The summed E-state index contributed by atoms with van der Waals surface area (Å²) in [6.45, 7) is 0.300. The minimum Gasteiger partial charge on any atom is -0.389 e. The van der Waals surface area contributed by atoms with Gasteiger partial charge in [0.15, 0.2) is 9.84 Å². The molecule has 1 heterocycles. The highest BCUT2D eigenvalue weighted by molar-refractivity contribution is 7.92. The van der Waals surface area contributed by atoms with Gasteiger partial charge in [-0.05, 0) is 31.0 Å². The van der Waals surface area contributed by atoms with E-state index in [1.807, 2.05) is 0 Å². The average molecular weight is 302 g/mol. The van der Waals surface area contributed by atoms with Crippen LogP contribution in [0.2, 0.25) is 0 Å². The van der Waals surface area contributed by atoms with Gasteiger partial charge < -0.3 is 11.1 Å². The number of hydrogen-bond acceptors (Lipinski definition) is 4. The van der Waals surface area contributed by atoms with Crippen LogP contribution in [0.5, 0.6) is 0 Å². The van der Waals surface area contributed by atoms with Crippen LogP contribution in [0.15, 0.2) is 18.2 Å². The van der Waals surface area contributed by atoms with Gasteiger partial charge in [-0.15, -0.1) is 0 Å². The van der Waals surface area contributed by atoms with E-state index >= 15 is 0 Å². The maximum absolute atomic E-state index is 13.6. The zero-order valence-corrected chi connectivity index (χ0v) is 11.9. The fourth-order valence-corrected chi connectivity index (χ4v) is 4.07. The van der Waals surface area contributed by atoms with E-state index in [1.54, 1.807) is 6.07 Å². The monoisotopic (exact) mass is 302 g/mol. The summed E-state index contributed by atoms with van der Waals surface area (Å²) in [5.74, 6) is -0.263. The van der Waals surface area contributed by atoms with Crippen molar-refractivity contribution in [3.8, 4) is 0 Å². The van der Waals surface area contributed by atoms with E-state index in [9.17, 15) is 12.8 Å². The molecule has 104 valence electrons. The smallest absolute Gasteiger partial charge is 0.154 e. The fourth-order valence-electron chi connectivity index (χ4n) is 2.14. The molecule has 1 aromatic carbocycles. The number of thiocarbonyl (C=S) groups is 1. The molecule has 0 amide bonds. The van der Waals surface area contributed by atoms with Crippen molar-refractivity contribution in [3.63, 3.8) is 0 Å². The number of rotatable bonds is 4. The molecule has 2 rings (SSSR count). The standard InChI is InChI=1S/C12H15FN2O2S2/c13-11-6-8(3-4-10(11)12(14)18)15-7-9-2-1-5-19(9,16)17/h3-4,6,9,15H,1-2,5,7H2,(H2,14,18). The zero-order valence-electron chi connectivity index (χ0n) is 10.2. The van der Waals surface area contributed by atoms with Crippen LogP contribution in [0, 0.1) is 5.82 Å². The first-order valence-electron chi connectivity index (χ1n) is 5.95. The molecule has 1 saturated heterocycles. The number of halogens is 1. The summed E-state index contributed by atoms with van der Waals surface area (Å²) < 4.78 is 36.9. The molecule has 1 aliphatic rings. The van der Waals surface area contributed by atoms with Gasteiger partial charge in [0.25, 0.3) is 0 Å². The predicted molar refractivity (Wildman–Crippen MR) is 77.6 cm³/mol. The third kappa shape index (κ3) is 3.22. The summed E-state index contributed by atoms with van der Waals surface area (Å²) in [5.41, 5.74) is 6.08. The van der Waals surface area contributed by atoms with Crippen molar-refractivity contribution in [1.29, 1.82) is 0 Å². The predicted octanol–water partition coefficient (Wildman–Crippen LogP) is 1.45. The molecular weight excluding hydrogens is 287 g/mol. The number of nitrogens with one attached hydrogen (secondary N) is 1. The molecule has 0 saturated carbocycles. The lowest BCUT2D eigenvalue weighted by atomic mass is 10.2. The van der Waals surface area contributed by atoms with Gasteiger partial charge in [0.2, 0.25) is 0 Å². The molecule has 1 fully saturated rings. The van der Waals surface area contributed by atoms with E-state index in [0.29, 0.717) is 25.1 Å². The topological polar surface area (TPSA) is 72.2 Å². The van der Waals surface area contributed by atoms with E-state index in [1.165, 1.54) is 12.1 Å². The summed E-state index contributed by atoms with van der Waals surface area (Å²) in [7, 11) is -2.99. The third-order valence-electron chi connectivity index (χ3n) is 3.23. The Hall–Kier alpha value is -1.21. The first-order valence-corrected chi connectivity index (χ1v) is 8.07. The van der Waals surface area contributed by atoms with Gasteiger partial charge in [0, 0.05) is 17.8 Å². The molecule has 1 atom stereocenters. The van der Waals surface area contributed by atoms with Crippen LogP contribution < -0.4 is 11.1 Å². The van der Waals surface area contributed by atoms with Crippen LogP contribution in [-0.2, 0) is 9.84 Å². The average Bonchev–Trinajstić information content (AvgIpc) is 2.65. The van der Waals surface area contributed by atoms with Crippen molar-refractivity contribution in [2.75, 3.05) is 17.6 Å². The first kappa shape index (κ1) is 14.2. The Morgan fingerprint density at radius 2 is 2.26 bits per heavy atom. The molecule has 0 bridgehead atoms. The Kier molecular flexibility index (Phi) is 4.05. The Morgan fingerprint density at radius 1 is 1.53 bits per heavy atom. The van der Waals surface area contributed by atoms with Gasteiger partial charge in [-0.1, -0.05) is 12.2 Å². The number of sulfone groups is 1. The minimum atomic E-state index is -2.99. The van der Waals surface area contributed by atoms with Gasteiger partial charge >= 0.3 is 0 Å². The number of benzene rings is 1. The number of anilines is 1. The second-order valence-electron chi connectivity index (χ2n) is 4.57. The molecule has 3 N–H and O–H groups in total. The Balaban J connectivity index is 2.05. The van der Waals surface area contributed by atoms with Crippen molar-refractivity contribution >= 4 is 32.7 Å². The molecule has 4 nitrogen and oxygen atoms in total. The molecule has 0 radical (unpaired) electrons. The summed E-state index contributed by atoms with van der Waals surface area (Å²) in [6.07, 6.45) is 1.35. The lowest BCUT2D eigenvalue weighted by molar-refractivity contribution is 0.591. The van der Waals surface area contributed by atoms with E-state index < -0.39 is 15.7 Å². The van der Waals surface area contributed by atoms with Gasteiger partial charge in [-0.25, -0.2) is 12.8 Å². The molecule has 19 heavy (non-hydrogen) atoms. The van der Waals surface area contributed by atoms with Crippen LogP contribution in [-0.4, -0.2) is 31.0 Å². The molecule has 1 unspecified atom stereocenters. The highest BCUT2D eigenvalue weighted by Gasteiger charge is 2.30. The normalized spacial score (nSPS) is 21.2. The van der Waals surface area contributed by atoms with Crippen molar-refractivity contribution in [1.82, 2.24) is 0 Å². The SMILES string of the molecule is NC(=S)c1ccc(NCC2CCCS2(=O)=O)cc1F. The number of hydrogen-bond donors (Lipinski definition) is 2. The van der Waals surface area contributed by atoms with Crippen LogP contribution in [0.3, 0.4) is 0 Å². The Morgan fingerprint density at radius 3 is 2.79 bits per heavy atom. The van der Waals surface area contributed by atoms with Crippen molar-refractivity contribution < 1.29 is 12.8 Å². The lowest BCUT2D eigenvalue weighted by Gasteiger charge is -2.12. The largest absolute Gasteiger partial charge is 0.389 e. The summed E-state index contributed by atoms with van der Waals surface area (Å²) >= 11 is 4.71. The van der Waals surface area contributed by atoms with E-state index in [2.05, 4.69) is 5.32 Å². The molecule has 1 aromatic rings. The molecule has 1 aliphatic heterocycles. The van der Waals surface area contributed by atoms with Gasteiger partial charge in [-0.2, -0.15) is 0 Å². The van der Waals surface area contributed by atoms with Crippen LogP contribution in [0.4, 0.5) is 10.1 Å². The summed E-state index contributed by atoms with van der Waals surface area (Å²) in [4.78, 5) is 0.00224. The van der Waals surface area contributed by atoms with Crippen LogP contribution >= 0.6 is 12.2 Å². The highest BCUT2D eigenvalue weighted by atomic mass is 32.2. The van der Waals surface area contributed by atoms with E-state index in [-0.39, 0.29) is 21.6 Å². The van der Waals surface area contributed by atoms with Crippen molar-refractivity contribution in [3.05, 3.63) is 29.6 Å². The zero-order chi connectivity index (χ0) is 14.0. The maximum atomic E-state index is 13.6. The third-order valence-corrected chi connectivity index (χ3v) is 5.73. The molecular formula is C12H15FN2O2S2. The first-order chi connectivity index (χ1) is 8.90. The second-order valence-corrected chi connectivity index (χ2v) is 7.41. The summed E-state index contributed by atoms with van der Waals surface area (Å²) in [6, 6.07) is 4.40. The van der Waals surface area contributed by atoms with E-state index in [4.69, 9.17) is 18.0 Å². The second kappa shape index (κ2) is 5.42. The van der Waals surface area contributed by atoms with Crippen LogP contribution in [0.25, 0.3) is 0 Å². The van der Waals surface area contributed by atoms with Gasteiger partial charge in [0.05, 0.1) is 11.0 Å².